The summed E-state index contributed by atoms with van der Waals surface area (Å²) in [6.45, 7) is 3.66. The maximum atomic E-state index is 13.7. The predicted octanol–water partition coefficient (Wildman–Crippen LogP) is 1.65. The zero-order valence-electron chi connectivity index (χ0n) is 14.2. The number of morpholine rings is 1. The molecule has 1 unspecified atom stereocenters. The average molecular weight is 351 g/mol. The fourth-order valence-corrected chi connectivity index (χ4v) is 3.07. The molecule has 2 heterocycles. The largest absolute Gasteiger partial charge is 0.347 e. The summed E-state index contributed by atoms with van der Waals surface area (Å²) in [4.78, 5) is 27.5. The van der Waals surface area contributed by atoms with Crippen LogP contribution in [0, 0.1) is 5.82 Å². The van der Waals surface area contributed by atoms with Crippen LogP contribution in [0.15, 0.2) is 24.3 Å². The van der Waals surface area contributed by atoms with Gasteiger partial charge < -0.3 is 24.6 Å². The third-order valence-corrected chi connectivity index (χ3v) is 4.38. The zero-order chi connectivity index (χ0) is 17.9. The van der Waals surface area contributed by atoms with Crippen molar-refractivity contribution < 1.29 is 23.5 Å². The van der Waals surface area contributed by atoms with E-state index in [0.29, 0.717) is 26.1 Å². The SMILES string of the molecule is CC(=O)N1CCCOC2(C1)CN(C(=O)Nc1ccccc1F)CCO2. The Kier molecular flexibility index (Phi) is 5.19. The van der Waals surface area contributed by atoms with Crippen LogP contribution in [-0.2, 0) is 14.3 Å². The van der Waals surface area contributed by atoms with Gasteiger partial charge in [-0.2, -0.15) is 0 Å². The van der Waals surface area contributed by atoms with Gasteiger partial charge >= 0.3 is 6.03 Å². The first-order valence-corrected chi connectivity index (χ1v) is 8.33. The normalized spacial score (nSPS) is 24.1. The Balaban J connectivity index is 1.70. The molecule has 25 heavy (non-hydrogen) atoms. The Labute approximate surface area is 145 Å². The van der Waals surface area contributed by atoms with E-state index in [0.717, 1.165) is 0 Å². The van der Waals surface area contributed by atoms with E-state index in [4.69, 9.17) is 9.47 Å². The maximum absolute atomic E-state index is 13.7. The van der Waals surface area contributed by atoms with Crippen LogP contribution in [0.25, 0.3) is 0 Å². The molecule has 3 rings (SSSR count). The zero-order valence-corrected chi connectivity index (χ0v) is 14.2. The second kappa shape index (κ2) is 7.37. The van der Waals surface area contributed by atoms with E-state index in [9.17, 15) is 14.0 Å². The van der Waals surface area contributed by atoms with Crippen molar-refractivity contribution in [1.82, 2.24) is 9.80 Å². The highest BCUT2D eigenvalue weighted by atomic mass is 19.1. The third-order valence-electron chi connectivity index (χ3n) is 4.38. The number of para-hydroxylation sites is 1. The van der Waals surface area contributed by atoms with Crippen LogP contribution in [0.4, 0.5) is 14.9 Å². The smallest absolute Gasteiger partial charge is 0.322 e. The molecule has 136 valence electrons. The van der Waals surface area contributed by atoms with Gasteiger partial charge in [0.15, 0.2) is 0 Å². The monoisotopic (exact) mass is 351 g/mol. The number of ether oxygens (including phenoxy) is 2. The molecule has 0 aliphatic carbocycles. The van der Waals surface area contributed by atoms with Gasteiger partial charge in [0, 0.05) is 20.0 Å². The Morgan fingerprint density at radius 2 is 1.84 bits per heavy atom. The highest BCUT2D eigenvalue weighted by molar-refractivity contribution is 5.89. The number of hydrogen-bond donors (Lipinski definition) is 1. The number of carbonyl (C=O) groups is 2. The van der Waals surface area contributed by atoms with Crippen molar-refractivity contribution in [2.45, 2.75) is 19.1 Å². The van der Waals surface area contributed by atoms with Gasteiger partial charge in [-0.25, -0.2) is 9.18 Å². The first kappa shape index (κ1) is 17.6. The summed E-state index contributed by atoms with van der Waals surface area (Å²) in [6, 6.07) is 5.58. The van der Waals surface area contributed by atoms with E-state index in [1.54, 1.807) is 17.0 Å². The molecular weight excluding hydrogens is 329 g/mol. The molecule has 2 saturated heterocycles. The van der Waals surface area contributed by atoms with E-state index in [2.05, 4.69) is 5.32 Å². The molecule has 1 N–H and O–H groups in total. The molecular formula is C17H22FN3O4. The number of carbonyl (C=O) groups excluding carboxylic acids is 2. The lowest BCUT2D eigenvalue weighted by atomic mass is 10.2. The maximum Gasteiger partial charge on any atom is 0.322 e. The summed E-state index contributed by atoms with van der Waals surface area (Å²) in [5, 5.41) is 2.57. The van der Waals surface area contributed by atoms with Gasteiger partial charge in [0.05, 0.1) is 32.0 Å². The van der Waals surface area contributed by atoms with Crippen LogP contribution in [0.1, 0.15) is 13.3 Å². The molecule has 2 aliphatic rings. The molecule has 7 nitrogen and oxygen atoms in total. The molecule has 0 aromatic heterocycles. The van der Waals surface area contributed by atoms with Crippen LogP contribution in [-0.4, -0.2) is 66.9 Å². The van der Waals surface area contributed by atoms with E-state index in [1.165, 1.54) is 24.0 Å². The van der Waals surface area contributed by atoms with Crippen molar-refractivity contribution in [3.8, 4) is 0 Å². The lowest BCUT2D eigenvalue weighted by Gasteiger charge is -2.42. The van der Waals surface area contributed by atoms with E-state index < -0.39 is 17.6 Å². The van der Waals surface area contributed by atoms with Gasteiger partial charge in [0.1, 0.15) is 5.82 Å². The highest BCUT2D eigenvalue weighted by Gasteiger charge is 2.42. The molecule has 1 aromatic rings. The number of benzene rings is 1. The lowest BCUT2D eigenvalue weighted by molar-refractivity contribution is -0.259. The highest BCUT2D eigenvalue weighted by Crippen LogP contribution is 2.25. The van der Waals surface area contributed by atoms with Crippen molar-refractivity contribution in [1.29, 1.82) is 0 Å². The van der Waals surface area contributed by atoms with Crippen molar-refractivity contribution in [3.63, 3.8) is 0 Å². The lowest BCUT2D eigenvalue weighted by Crippen LogP contribution is -2.60. The minimum absolute atomic E-state index is 0.0543. The van der Waals surface area contributed by atoms with Crippen LogP contribution in [0.5, 0.6) is 0 Å². The average Bonchev–Trinajstić information content (AvgIpc) is 2.80. The summed E-state index contributed by atoms with van der Waals surface area (Å²) in [7, 11) is 0. The Morgan fingerprint density at radius 1 is 1.12 bits per heavy atom. The van der Waals surface area contributed by atoms with Crippen LogP contribution < -0.4 is 5.32 Å². The Hall–Kier alpha value is -2.19. The quantitative estimate of drug-likeness (QED) is 0.835. The van der Waals surface area contributed by atoms with E-state index in [1.807, 2.05) is 0 Å². The number of hydrogen-bond acceptors (Lipinski definition) is 4. The number of nitrogens with zero attached hydrogens (tertiary/aromatic N) is 2. The van der Waals surface area contributed by atoms with Gasteiger partial charge in [-0.05, 0) is 18.6 Å². The van der Waals surface area contributed by atoms with Crippen LogP contribution in [0.3, 0.4) is 0 Å². The summed E-state index contributed by atoms with van der Waals surface area (Å²) in [5.41, 5.74) is 0.125. The fourth-order valence-electron chi connectivity index (χ4n) is 3.07. The second-order valence-corrected chi connectivity index (χ2v) is 6.23. The third kappa shape index (κ3) is 4.08. The van der Waals surface area contributed by atoms with Gasteiger partial charge in [-0.3, -0.25) is 4.79 Å². The second-order valence-electron chi connectivity index (χ2n) is 6.23. The number of anilines is 1. The van der Waals surface area contributed by atoms with Crippen molar-refractivity contribution in [3.05, 3.63) is 30.1 Å². The van der Waals surface area contributed by atoms with Crippen LogP contribution in [0.2, 0.25) is 0 Å². The molecule has 0 radical (unpaired) electrons. The Bertz CT molecular complexity index is 657. The van der Waals surface area contributed by atoms with Gasteiger partial charge in [-0.15, -0.1) is 0 Å². The van der Waals surface area contributed by atoms with E-state index in [-0.39, 0.29) is 31.3 Å². The first-order chi connectivity index (χ1) is 12.0. The van der Waals surface area contributed by atoms with Crippen molar-refractivity contribution in [2.75, 3.05) is 44.7 Å². The molecule has 1 spiro atoms. The number of nitrogens with one attached hydrogen (secondary N) is 1. The number of amides is 3. The Morgan fingerprint density at radius 3 is 2.60 bits per heavy atom. The molecule has 1 atom stereocenters. The fraction of sp³-hybridized carbons (Fsp3) is 0.529. The number of rotatable bonds is 1. The molecule has 3 amide bonds. The summed E-state index contributed by atoms with van der Waals surface area (Å²) < 4.78 is 25.4. The minimum Gasteiger partial charge on any atom is -0.347 e. The predicted molar refractivity (Wildman–Crippen MR) is 88.5 cm³/mol. The number of halogens is 1. The summed E-state index contributed by atoms with van der Waals surface area (Å²) >= 11 is 0. The van der Waals surface area contributed by atoms with Crippen molar-refractivity contribution >= 4 is 17.6 Å². The van der Waals surface area contributed by atoms with Gasteiger partial charge in [0.2, 0.25) is 11.7 Å². The number of urea groups is 1. The minimum atomic E-state index is -1.03. The van der Waals surface area contributed by atoms with Gasteiger partial charge in [-0.1, -0.05) is 12.1 Å². The standard InChI is InChI=1S/C17H22FN3O4/c1-13(22)20-7-4-9-24-17(11-20)12-21(8-10-25-17)16(23)19-15-6-3-2-5-14(15)18/h2-3,5-6H,4,7-12H2,1H3,(H,19,23). The molecule has 8 heteroatoms. The molecule has 2 fully saturated rings. The molecule has 0 saturated carbocycles. The van der Waals surface area contributed by atoms with E-state index >= 15 is 0 Å². The summed E-state index contributed by atoms with van der Waals surface area (Å²) in [6.07, 6.45) is 0.714. The molecule has 2 aliphatic heterocycles. The first-order valence-electron chi connectivity index (χ1n) is 8.33. The van der Waals surface area contributed by atoms with Crippen molar-refractivity contribution in [2.24, 2.45) is 0 Å². The van der Waals surface area contributed by atoms with Crippen LogP contribution >= 0.6 is 0 Å². The molecule has 1 aromatic carbocycles. The molecule has 0 bridgehead atoms. The van der Waals surface area contributed by atoms with Gasteiger partial charge in [0.25, 0.3) is 0 Å². The topological polar surface area (TPSA) is 71.1 Å². The summed E-state index contributed by atoms with van der Waals surface area (Å²) in [5.74, 6) is -1.58.